The molecule has 0 unspecified atom stereocenters. The van der Waals surface area contributed by atoms with Gasteiger partial charge in [0, 0.05) is 0 Å². The van der Waals surface area contributed by atoms with E-state index in [1.807, 2.05) is 19.1 Å². The van der Waals surface area contributed by atoms with Gasteiger partial charge < -0.3 is 0 Å². The number of aryl methyl sites for hydroxylation is 1. The number of hydrogen-bond acceptors (Lipinski definition) is 1. The predicted molar refractivity (Wildman–Crippen MR) is 49.8 cm³/mol. The number of ketones is 1. The van der Waals surface area contributed by atoms with E-state index in [2.05, 4.69) is 5.80 Å². The topological polar surface area (TPSA) is 17.1 Å². The summed E-state index contributed by atoms with van der Waals surface area (Å²) in [6, 6.07) is 7.41. The molecule has 0 radical (unpaired) electrons. The molecular weight excluding hydrogens is 147 g/mol. The van der Waals surface area contributed by atoms with Crippen molar-refractivity contribution in [3.63, 3.8) is 0 Å². The van der Waals surface area contributed by atoms with Crippen LogP contribution >= 0.6 is 0 Å². The molecule has 0 atom stereocenters. The van der Waals surface area contributed by atoms with Crippen LogP contribution in [0, 0.1) is 12.7 Å². The van der Waals surface area contributed by atoms with Gasteiger partial charge in [0.15, 0.2) is 0 Å². The zero-order valence-electron chi connectivity index (χ0n) is 7.00. The molecule has 0 aromatic heterocycles. The molecule has 0 aliphatic carbocycles. The predicted octanol–water partition coefficient (Wildman–Crippen LogP) is 1.70. The van der Waals surface area contributed by atoms with Gasteiger partial charge in [-0.1, -0.05) is 0 Å². The fourth-order valence-electron chi connectivity index (χ4n) is 0.934. The molecule has 2 heteroatoms. The molecule has 0 aliphatic rings. The molecule has 0 saturated heterocycles. The van der Waals surface area contributed by atoms with Gasteiger partial charge in [0.05, 0.1) is 0 Å². The summed E-state index contributed by atoms with van der Waals surface area (Å²) in [7, 11) is 5.03. The van der Waals surface area contributed by atoms with Crippen molar-refractivity contribution in [3.05, 3.63) is 35.4 Å². The normalized spacial score (nSPS) is 9.25. The summed E-state index contributed by atoms with van der Waals surface area (Å²) in [6.45, 7) is 1.98. The molecule has 58 valence electrons. The van der Waals surface area contributed by atoms with E-state index in [1.165, 1.54) is 0 Å². The Labute approximate surface area is 73.2 Å². The fraction of sp³-hybridized carbons (Fsp3) is 0.200. The van der Waals surface area contributed by atoms with E-state index in [-0.39, 0.29) is 12.2 Å². The number of benzene rings is 1. The Morgan fingerprint density at radius 3 is 2.50 bits per heavy atom. The van der Waals surface area contributed by atoms with Gasteiger partial charge in [-0.2, -0.15) is 0 Å². The van der Waals surface area contributed by atoms with Crippen molar-refractivity contribution in [2.24, 2.45) is 0 Å². The molecule has 0 fully saturated rings. The Kier molecular flexibility index (Phi) is 2.90. The molecule has 0 amide bonds. The van der Waals surface area contributed by atoms with Crippen molar-refractivity contribution in [3.8, 4) is 5.80 Å². The minimum atomic E-state index is 0.0116. The fourth-order valence-corrected chi connectivity index (χ4v) is 0.934. The minimum absolute atomic E-state index is 0.0116. The van der Waals surface area contributed by atoms with Crippen LogP contribution in [0.4, 0.5) is 0 Å². The second-order valence-electron chi connectivity index (χ2n) is 2.67. The van der Waals surface area contributed by atoms with E-state index >= 15 is 0 Å². The van der Waals surface area contributed by atoms with Crippen molar-refractivity contribution >= 4 is 13.1 Å². The van der Waals surface area contributed by atoms with E-state index in [0.717, 1.165) is 5.56 Å². The molecule has 0 saturated carbocycles. The third kappa shape index (κ3) is 2.11. The molecule has 0 aliphatic heterocycles. The van der Waals surface area contributed by atoms with Crippen molar-refractivity contribution in [2.75, 3.05) is 0 Å². The molecule has 1 aromatic rings. The van der Waals surface area contributed by atoms with Crippen molar-refractivity contribution in [2.45, 2.75) is 13.3 Å². The van der Waals surface area contributed by atoms with Gasteiger partial charge in [-0.05, 0) is 0 Å². The van der Waals surface area contributed by atoms with Crippen molar-refractivity contribution in [1.82, 2.24) is 0 Å². The number of rotatable bonds is 2. The third-order valence-electron chi connectivity index (χ3n) is 1.64. The molecule has 0 spiro atoms. The Morgan fingerprint density at radius 2 is 2.00 bits per heavy atom. The summed E-state index contributed by atoms with van der Waals surface area (Å²) >= 11 is 0. The van der Waals surface area contributed by atoms with Crippen LogP contribution in [0.5, 0.6) is 0 Å². The Bertz CT molecular complexity index is 319. The van der Waals surface area contributed by atoms with Gasteiger partial charge in [-0.3, -0.25) is 0 Å². The zero-order chi connectivity index (χ0) is 8.97. The van der Waals surface area contributed by atoms with Gasteiger partial charge in [0.25, 0.3) is 0 Å². The first kappa shape index (κ1) is 8.83. The molecule has 0 bridgehead atoms. The van der Waals surface area contributed by atoms with Crippen LogP contribution in [0.25, 0.3) is 0 Å². The van der Waals surface area contributed by atoms with E-state index in [9.17, 15) is 4.79 Å². The first-order valence-electron chi connectivity index (χ1n) is 3.77. The quantitative estimate of drug-likeness (QED) is 0.470. The van der Waals surface area contributed by atoms with Crippen LogP contribution in [0.15, 0.2) is 24.3 Å². The van der Waals surface area contributed by atoms with Crippen LogP contribution in [0.2, 0.25) is 0 Å². The monoisotopic (exact) mass is 156 g/mol. The van der Waals surface area contributed by atoms with Gasteiger partial charge in [-0.25, -0.2) is 0 Å². The molecule has 1 rings (SSSR count). The molecule has 0 N–H and O–H groups in total. The van der Waals surface area contributed by atoms with Crippen LogP contribution < -0.4 is 0 Å². The third-order valence-corrected chi connectivity index (χ3v) is 1.64. The number of carbonyl (C=O) groups excluding carboxylic acids is 1. The van der Waals surface area contributed by atoms with Gasteiger partial charge in [0.1, 0.15) is 0 Å². The summed E-state index contributed by atoms with van der Waals surface area (Å²) in [6.07, 6.45) is 0.184. The van der Waals surface area contributed by atoms with E-state index < -0.39 is 0 Å². The van der Waals surface area contributed by atoms with Crippen LogP contribution in [0.1, 0.15) is 22.3 Å². The summed E-state index contributed by atoms with van der Waals surface area (Å²) in [5.41, 5.74) is 1.84. The van der Waals surface area contributed by atoms with Gasteiger partial charge in [0.2, 0.25) is 0 Å². The summed E-state index contributed by atoms with van der Waals surface area (Å²) < 4.78 is 0. The average molecular weight is 156 g/mol. The number of Topliss-reactive ketones (excluding diaryl/α,β-unsaturated/α-hetero) is 1. The van der Waals surface area contributed by atoms with E-state index in [0.29, 0.717) is 5.56 Å². The van der Waals surface area contributed by atoms with Crippen molar-refractivity contribution < 1.29 is 4.79 Å². The average Bonchev–Trinajstić information content (AvgIpc) is 2.06. The van der Waals surface area contributed by atoms with Crippen molar-refractivity contribution in [1.29, 1.82) is 0 Å². The maximum atomic E-state index is 11.2. The molecule has 0 heterocycles. The Morgan fingerprint density at radius 1 is 1.42 bits per heavy atom. The summed E-state index contributed by atoms with van der Waals surface area (Å²) in [5.74, 6) is 2.34. The SMILES string of the molecule is B#CCC(=O)c1ccc(C)cc1. The van der Waals surface area contributed by atoms with Crippen LogP contribution in [-0.4, -0.2) is 13.1 Å². The Balaban J connectivity index is 2.84. The first-order chi connectivity index (χ1) is 5.74. The second kappa shape index (κ2) is 3.94. The van der Waals surface area contributed by atoms with Gasteiger partial charge >= 0.3 is 72.4 Å². The molecule has 12 heavy (non-hydrogen) atoms. The standard InChI is InChI=1S/C10H9BO/c1-8-2-4-9(5-3-8)10(12)6-7-11/h2-5H,6H2,1H3. The number of hydrogen-bond donors (Lipinski definition) is 0. The van der Waals surface area contributed by atoms with Crippen LogP contribution in [0.3, 0.4) is 0 Å². The van der Waals surface area contributed by atoms with Gasteiger partial charge in [-0.15, -0.1) is 0 Å². The molecular formula is C10H9BO. The Hall–Kier alpha value is -1.27. The van der Waals surface area contributed by atoms with E-state index in [4.69, 9.17) is 7.33 Å². The first-order valence-corrected chi connectivity index (χ1v) is 3.77. The molecule has 1 aromatic carbocycles. The second-order valence-corrected chi connectivity index (χ2v) is 2.67. The number of carbonyl (C=O) groups is 1. The maximum absolute atomic E-state index is 11.2. The zero-order valence-corrected chi connectivity index (χ0v) is 7.00. The van der Waals surface area contributed by atoms with Crippen LogP contribution in [-0.2, 0) is 0 Å². The molecule has 1 nitrogen and oxygen atoms in total. The summed E-state index contributed by atoms with van der Waals surface area (Å²) in [4.78, 5) is 11.2. The van der Waals surface area contributed by atoms with E-state index in [1.54, 1.807) is 12.1 Å². The summed E-state index contributed by atoms with van der Waals surface area (Å²) in [5, 5.41) is 0.